The van der Waals surface area contributed by atoms with E-state index in [4.69, 9.17) is 5.73 Å². The van der Waals surface area contributed by atoms with Crippen LogP contribution in [0.4, 0.5) is 5.95 Å². The van der Waals surface area contributed by atoms with Crippen LogP contribution in [0.5, 0.6) is 0 Å². The first-order valence-electron chi connectivity index (χ1n) is 6.00. The lowest BCUT2D eigenvalue weighted by atomic mass is 10.2. The molecule has 0 saturated carbocycles. The van der Waals surface area contributed by atoms with E-state index in [1.54, 1.807) is 0 Å². The Labute approximate surface area is 97.9 Å². The van der Waals surface area contributed by atoms with Crippen molar-refractivity contribution in [1.29, 1.82) is 0 Å². The molecule has 1 aromatic rings. The molecule has 0 aromatic carbocycles. The van der Waals surface area contributed by atoms with Gasteiger partial charge in [0.15, 0.2) is 0 Å². The molecule has 0 spiro atoms. The number of hydrogen-bond acceptors (Lipinski definition) is 4. The first-order chi connectivity index (χ1) is 7.77. The van der Waals surface area contributed by atoms with Gasteiger partial charge in [0.05, 0.1) is 0 Å². The third-order valence-electron chi connectivity index (χ3n) is 2.56. The first kappa shape index (κ1) is 12.9. The lowest BCUT2D eigenvalue weighted by Gasteiger charge is -2.16. The van der Waals surface area contributed by atoms with Crippen molar-refractivity contribution in [3.63, 3.8) is 0 Å². The quantitative estimate of drug-likeness (QED) is 0.712. The lowest BCUT2D eigenvalue weighted by Crippen LogP contribution is -2.21. The Morgan fingerprint density at radius 3 is 2.50 bits per heavy atom. The highest BCUT2D eigenvalue weighted by molar-refractivity contribution is 5.28. The predicted molar refractivity (Wildman–Crippen MR) is 67.6 cm³/mol. The third kappa shape index (κ3) is 4.14. The third-order valence-corrected chi connectivity index (χ3v) is 2.56. The number of nitrogens with zero attached hydrogens (tertiary/aromatic N) is 3. The normalized spacial score (nSPS) is 10.4. The number of aromatic nitrogens is 2. The molecule has 1 aromatic heterocycles. The van der Waals surface area contributed by atoms with E-state index >= 15 is 0 Å². The second-order valence-electron chi connectivity index (χ2n) is 4.06. The molecule has 0 unspecified atom stereocenters. The fourth-order valence-corrected chi connectivity index (χ4v) is 1.54. The van der Waals surface area contributed by atoms with Gasteiger partial charge in [-0.3, -0.25) is 0 Å². The zero-order valence-corrected chi connectivity index (χ0v) is 10.3. The number of nitrogens with two attached hydrogens (primary N) is 1. The summed E-state index contributed by atoms with van der Waals surface area (Å²) in [5.74, 6) is 0.803. The van der Waals surface area contributed by atoms with Crippen molar-refractivity contribution < 1.29 is 0 Å². The average molecular weight is 222 g/mol. The maximum atomic E-state index is 5.47. The van der Waals surface area contributed by atoms with Crippen LogP contribution in [0.2, 0.25) is 0 Å². The number of hydrogen-bond donors (Lipinski definition) is 1. The maximum Gasteiger partial charge on any atom is 0.224 e. The fraction of sp³-hybridized carbons (Fsp3) is 0.667. The van der Waals surface area contributed by atoms with Gasteiger partial charge in [-0.25, -0.2) is 9.97 Å². The minimum atomic E-state index is 0.648. The van der Waals surface area contributed by atoms with Crippen molar-refractivity contribution in [3.05, 3.63) is 18.0 Å². The molecule has 1 rings (SSSR count). The summed E-state index contributed by atoms with van der Waals surface area (Å²) in [6.07, 6.45) is 8.28. The SMILES string of the molecule is CCCCCN(C)c1ncc(CCN)cn1. The molecular formula is C12H22N4. The van der Waals surface area contributed by atoms with Crippen molar-refractivity contribution in [3.8, 4) is 0 Å². The molecule has 4 nitrogen and oxygen atoms in total. The summed E-state index contributed by atoms with van der Waals surface area (Å²) in [4.78, 5) is 10.8. The lowest BCUT2D eigenvalue weighted by molar-refractivity contribution is 0.695. The van der Waals surface area contributed by atoms with Gasteiger partial charge in [0, 0.05) is 26.0 Å². The highest BCUT2D eigenvalue weighted by Gasteiger charge is 2.03. The number of unbranched alkanes of at least 4 members (excludes halogenated alkanes) is 2. The Morgan fingerprint density at radius 2 is 1.94 bits per heavy atom. The molecule has 0 aliphatic heterocycles. The summed E-state index contributed by atoms with van der Waals surface area (Å²) < 4.78 is 0. The minimum Gasteiger partial charge on any atom is -0.344 e. The van der Waals surface area contributed by atoms with E-state index in [0.29, 0.717) is 6.54 Å². The van der Waals surface area contributed by atoms with Crippen molar-refractivity contribution in [2.24, 2.45) is 5.73 Å². The van der Waals surface area contributed by atoms with Crippen LogP contribution in [0.3, 0.4) is 0 Å². The Morgan fingerprint density at radius 1 is 1.25 bits per heavy atom. The molecule has 0 aliphatic rings. The topological polar surface area (TPSA) is 55.0 Å². The summed E-state index contributed by atoms with van der Waals surface area (Å²) in [5, 5.41) is 0. The standard InChI is InChI=1S/C12H22N4/c1-3-4-5-8-16(2)12-14-9-11(6-7-13)10-15-12/h9-10H,3-8,13H2,1-2H3. The molecule has 4 heteroatoms. The smallest absolute Gasteiger partial charge is 0.224 e. The van der Waals surface area contributed by atoms with Gasteiger partial charge in [-0.2, -0.15) is 0 Å². The summed E-state index contributed by atoms with van der Waals surface area (Å²) in [6, 6.07) is 0. The van der Waals surface area contributed by atoms with Crippen molar-refractivity contribution in [2.45, 2.75) is 32.6 Å². The van der Waals surface area contributed by atoms with E-state index in [9.17, 15) is 0 Å². The molecule has 0 radical (unpaired) electrons. The van der Waals surface area contributed by atoms with Crippen LogP contribution in [0.25, 0.3) is 0 Å². The minimum absolute atomic E-state index is 0.648. The van der Waals surface area contributed by atoms with Gasteiger partial charge in [-0.1, -0.05) is 19.8 Å². The fourth-order valence-electron chi connectivity index (χ4n) is 1.54. The van der Waals surface area contributed by atoms with E-state index < -0.39 is 0 Å². The predicted octanol–water partition coefficient (Wildman–Crippen LogP) is 1.60. The van der Waals surface area contributed by atoms with Crippen LogP contribution in [0, 0.1) is 0 Å². The average Bonchev–Trinajstić information content (AvgIpc) is 2.30. The molecule has 0 saturated heterocycles. The van der Waals surface area contributed by atoms with Crippen LogP contribution in [-0.4, -0.2) is 30.1 Å². The number of anilines is 1. The van der Waals surface area contributed by atoms with Gasteiger partial charge in [-0.15, -0.1) is 0 Å². The summed E-state index contributed by atoms with van der Waals surface area (Å²) >= 11 is 0. The molecule has 1 heterocycles. The van der Waals surface area contributed by atoms with Crippen molar-refractivity contribution in [1.82, 2.24) is 9.97 Å². The van der Waals surface area contributed by atoms with Crippen molar-refractivity contribution >= 4 is 5.95 Å². The van der Waals surface area contributed by atoms with Gasteiger partial charge in [0.25, 0.3) is 0 Å². The molecule has 0 atom stereocenters. The van der Waals surface area contributed by atoms with Gasteiger partial charge in [-0.05, 0) is 24.9 Å². The Bertz CT molecular complexity index is 284. The van der Waals surface area contributed by atoms with E-state index in [2.05, 4.69) is 21.8 Å². The van der Waals surface area contributed by atoms with Crippen LogP contribution in [0.1, 0.15) is 31.7 Å². The van der Waals surface area contributed by atoms with E-state index in [0.717, 1.165) is 24.5 Å². The van der Waals surface area contributed by atoms with E-state index in [-0.39, 0.29) is 0 Å². The highest BCUT2D eigenvalue weighted by Crippen LogP contribution is 2.07. The van der Waals surface area contributed by atoms with Gasteiger partial charge in [0.2, 0.25) is 5.95 Å². The Kier molecular flexibility index (Phi) is 5.78. The van der Waals surface area contributed by atoms with E-state index in [1.807, 2.05) is 19.4 Å². The van der Waals surface area contributed by atoms with Crippen LogP contribution in [-0.2, 0) is 6.42 Å². The molecule has 0 fully saturated rings. The van der Waals surface area contributed by atoms with Crippen molar-refractivity contribution in [2.75, 3.05) is 25.0 Å². The van der Waals surface area contributed by atoms with Gasteiger partial charge in [0.1, 0.15) is 0 Å². The zero-order chi connectivity index (χ0) is 11.8. The largest absolute Gasteiger partial charge is 0.344 e. The van der Waals surface area contributed by atoms with Gasteiger partial charge >= 0.3 is 0 Å². The molecule has 16 heavy (non-hydrogen) atoms. The summed E-state index contributed by atoms with van der Waals surface area (Å²) in [5.41, 5.74) is 6.58. The van der Waals surface area contributed by atoms with Crippen LogP contribution in [0.15, 0.2) is 12.4 Å². The molecule has 90 valence electrons. The number of rotatable bonds is 7. The molecule has 0 bridgehead atoms. The van der Waals surface area contributed by atoms with Gasteiger partial charge < -0.3 is 10.6 Å². The van der Waals surface area contributed by atoms with Crippen LogP contribution < -0.4 is 10.6 Å². The zero-order valence-electron chi connectivity index (χ0n) is 10.3. The summed E-state index contributed by atoms with van der Waals surface area (Å²) in [6.45, 7) is 3.87. The van der Waals surface area contributed by atoms with Crippen LogP contribution >= 0.6 is 0 Å². The highest BCUT2D eigenvalue weighted by atomic mass is 15.2. The second-order valence-corrected chi connectivity index (χ2v) is 4.06. The van der Waals surface area contributed by atoms with E-state index in [1.165, 1.54) is 19.3 Å². The Balaban J connectivity index is 2.46. The molecule has 0 aliphatic carbocycles. The second kappa shape index (κ2) is 7.17. The Hall–Kier alpha value is -1.16. The monoisotopic (exact) mass is 222 g/mol. The molecule has 2 N–H and O–H groups in total. The maximum absolute atomic E-state index is 5.47. The molecular weight excluding hydrogens is 200 g/mol. The first-order valence-corrected chi connectivity index (χ1v) is 6.00. The molecule has 0 amide bonds. The summed E-state index contributed by atoms with van der Waals surface area (Å²) in [7, 11) is 2.04.